The molecule has 17 heavy (non-hydrogen) atoms. The zero-order chi connectivity index (χ0) is 13.7. The SMILES string of the molecule is CC(C)CC(N)(CCCO)C(=O)OC(C)(C)C. The smallest absolute Gasteiger partial charge is 0.326 e. The molecule has 102 valence electrons. The van der Waals surface area contributed by atoms with Gasteiger partial charge in [0.1, 0.15) is 11.1 Å². The van der Waals surface area contributed by atoms with Gasteiger partial charge in [-0.1, -0.05) is 13.8 Å². The van der Waals surface area contributed by atoms with Crippen molar-refractivity contribution in [3.63, 3.8) is 0 Å². The van der Waals surface area contributed by atoms with Gasteiger partial charge in [-0.3, -0.25) is 4.79 Å². The minimum atomic E-state index is -0.982. The molecule has 0 saturated carbocycles. The summed E-state index contributed by atoms with van der Waals surface area (Å²) in [5, 5.41) is 8.87. The largest absolute Gasteiger partial charge is 0.459 e. The van der Waals surface area contributed by atoms with Gasteiger partial charge in [0.05, 0.1) is 0 Å². The maximum absolute atomic E-state index is 12.1. The van der Waals surface area contributed by atoms with Crippen molar-refractivity contribution in [2.45, 2.75) is 65.0 Å². The number of aliphatic hydroxyl groups excluding tert-OH is 1. The van der Waals surface area contributed by atoms with Crippen LogP contribution in [-0.4, -0.2) is 28.8 Å². The van der Waals surface area contributed by atoms with E-state index >= 15 is 0 Å². The molecule has 0 rings (SSSR count). The summed E-state index contributed by atoms with van der Waals surface area (Å²) >= 11 is 0. The molecule has 0 amide bonds. The van der Waals surface area contributed by atoms with Crippen molar-refractivity contribution < 1.29 is 14.6 Å². The molecule has 0 aliphatic rings. The van der Waals surface area contributed by atoms with Crippen LogP contribution in [0.2, 0.25) is 0 Å². The zero-order valence-electron chi connectivity index (χ0n) is 11.7. The van der Waals surface area contributed by atoms with Crippen LogP contribution in [0.4, 0.5) is 0 Å². The normalized spacial score (nSPS) is 15.8. The lowest BCUT2D eigenvalue weighted by atomic mass is 9.85. The number of carbonyl (C=O) groups excluding carboxylic acids is 1. The molecule has 0 aliphatic carbocycles. The third-order valence-corrected chi connectivity index (χ3v) is 2.36. The molecule has 3 N–H and O–H groups in total. The number of hydrogen-bond acceptors (Lipinski definition) is 4. The summed E-state index contributed by atoms with van der Waals surface area (Å²) in [5.41, 5.74) is 4.64. The van der Waals surface area contributed by atoms with E-state index in [2.05, 4.69) is 0 Å². The van der Waals surface area contributed by atoms with Crippen LogP contribution in [0, 0.1) is 5.92 Å². The van der Waals surface area contributed by atoms with Gasteiger partial charge in [0.15, 0.2) is 0 Å². The highest BCUT2D eigenvalue weighted by atomic mass is 16.6. The summed E-state index contributed by atoms with van der Waals surface area (Å²) in [6, 6.07) is 0. The Balaban J connectivity index is 4.71. The quantitative estimate of drug-likeness (QED) is 0.700. The van der Waals surface area contributed by atoms with Crippen LogP contribution in [-0.2, 0) is 9.53 Å². The minimum absolute atomic E-state index is 0.0415. The maximum Gasteiger partial charge on any atom is 0.326 e. The van der Waals surface area contributed by atoms with Crippen molar-refractivity contribution in [2.24, 2.45) is 11.7 Å². The van der Waals surface area contributed by atoms with E-state index in [1.54, 1.807) is 0 Å². The first-order valence-electron chi connectivity index (χ1n) is 6.24. The first kappa shape index (κ1) is 16.4. The third kappa shape index (κ3) is 6.64. The lowest BCUT2D eigenvalue weighted by molar-refractivity contribution is -0.162. The molecule has 0 aromatic carbocycles. The zero-order valence-corrected chi connectivity index (χ0v) is 11.7. The molecule has 4 heteroatoms. The average molecular weight is 245 g/mol. The third-order valence-electron chi connectivity index (χ3n) is 2.36. The molecule has 4 nitrogen and oxygen atoms in total. The van der Waals surface area contributed by atoms with E-state index < -0.39 is 11.1 Å². The van der Waals surface area contributed by atoms with Gasteiger partial charge >= 0.3 is 5.97 Å². The maximum atomic E-state index is 12.1. The Kier molecular flexibility index (Phi) is 6.13. The highest BCUT2D eigenvalue weighted by Crippen LogP contribution is 2.24. The topological polar surface area (TPSA) is 72.5 Å². The summed E-state index contributed by atoms with van der Waals surface area (Å²) in [6.07, 6.45) is 1.54. The fourth-order valence-electron chi connectivity index (χ4n) is 1.79. The van der Waals surface area contributed by atoms with Crippen molar-refractivity contribution in [2.75, 3.05) is 6.61 Å². The summed E-state index contributed by atoms with van der Waals surface area (Å²) < 4.78 is 5.36. The number of esters is 1. The second-order valence-corrected chi connectivity index (χ2v) is 6.08. The second kappa shape index (κ2) is 6.36. The predicted molar refractivity (Wildman–Crippen MR) is 68.5 cm³/mol. The Hall–Kier alpha value is -0.610. The van der Waals surface area contributed by atoms with Crippen molar-refractivity contribution >= 4 is 5.97 Å². The van der Waals surface area contributed by atoms with Crippen LogP contribution in [0.15, 0.2) is 0 Å². The monoisotopic (exact) mass is 245 g/mol. The van der Waals surface area contributed by atoms with Crippen molar-refractivity contribution in [1.82, 2.24) is 0 Å². The molecule has 0 bridgehead atoms. The van der Waals surface area contributed by atoms with Crippen molar-refractivity contribution in [3.05, 3.63) is 0 Å². The molecule has 0 aromatic heterocycles. The van der Waals surface area contributed by atoms with E-state index in [-0.39, 0.29) is 12.6 Å². The van der Waals surface area contributed by atoms with Gasteiger partial charge < -0.3 is 15.6 Å². The Morgan fingerprint density at radius 1 is 1.35 bits per heavy atom. The first-order valence-corrected chi connectivity index (χ1v) is 6.24. The molecule has 0 aliphatic heterocycles. The predicted octanol–water partition coefficient (Wildman–Crippen LogP) is 1.84. The number of hydrogen-bond donors (Lipinski definition) is 2. The molecule has 0 saturated heterocycles. The number of rotatable bonds is 6. The molecular formula is C13H27NO3. The van der Waals surface area contributed by atoms with Crippen LogP contribution in [0.3, 0.4) is 0 Å². The highest BCUT2D eigenvalue weighted by molar-refractivity contribution is 5.80. The van der Waals surface area contributed by atoms with Crippen molar-refractivity contribution in [1.29, 1.82) is 0 Å². The van der Waals surface area contributed by atoms with E-state index in [0.717, 1.165) is 0 Å². The Bertz CT molecular complexity index is 246. The molecule has 0 spiro atoms. The van der Waals surface area contributed by atoms with E-state index in [0.29, 0.717) is 25.2 Å². The van der Waals surface area contributed by atoms with Crippen LogP contribution in [0.5, 0.6) is 0 Å². The average Bonchev–Trinajstić information content (AvgIpc) is 2.10. The van der Waals surface area contributed by atoms with E-state index in [4.69, 9.17) is 15.6 Å². The Morgan fingerprint density at radius 2 is 1.88 bits per heavy atom. The summed E-state index contributed by atoms with van der Waals surface area (Å²) in [4.78, 5) is 12.1. The molecule has 0 fully saturated rings. The standard InChI is InChI=1S/C13H27NO3/c1-10(2)9-13(14,7-6-8-15)11(16)17-12(3,4)5/h10,15H,6-9,14H2,1-5H3. The molecule has 1 unspecified atom stereocenters. The van der Waals surface area contributed by atoms with Crippen molar-refractivity contribution in [3.8, 4) is 0 Å². The lowest BCUT2D eigenvalue weighted by Crippen LogP contribution is -2.52. The fraction of sp³-hybridized carbons (Fsp3) is 0.923. The van der Waals surface area contributed by atoms with Crippen LogP contribution in [0.25, 0.3) is 0 Å². The van der Waals surface area contributed by atoms with E-state index in [1.807, 2.05) is 34.6 Å². The van der Waals surface area contributed by atoms with E-state index in [1.165, 1.54) is 0 Å². The van der Waals surface area contributed by atoms with E-state index in [9.17, 15) is 4.79 Å². The Labute approximate surface area is 105 Å². The lowest BCUT2D eigenvalue weighted by Gasteiger charge is -2.32. The molecule has 0 radical (unpaired) electrons. The molecule has 0 heterocycles. The highest BCUT2D eigenvalue weighted by Gasteiger charge is 2.37. The summed E-state index contributed by atoms with van der Waals surface area (Å²) in [6.45, 7) is 9.56. The number of nitrogens with two attached hydrogens (primary N) is 1. The number of ether oxygens (including phenoxy) is 1. The summed E-state index contributed by atoms with van der Waals surface area (Å²) in [5.74, 6) is -0.0571. The van der Waals surface area contributed by atoms with Crippen LogP contribution in [0.1, 0.15) is 53.9 Å². The van der Waals surface area contributed by atoms with Gasteiger partial charge in [-0.2, -0.15) is 0 Å². The van der Waals surface area contributed by atoms with Gasteiger partial charge in [0.2, 0.25) is 0 Å². The van der Waals surface area contributed by atoms with Crippen LogP contribution >= 0.6 is 0 Å². The van der Waals surface area contributed by atoms with Gasteiger partial charge in [-0.05, 0) is 46.0 Å². The summed E-state index contributed by atoms with van der Waals surface area (Å²) in [7, 11) is 0. The molecule has 1 atom stereocenters. The number of aliphatic hydroxyl groups is 1. The van der Waals surface area contributed by atoms with Gasteiger partial charge in [-0.25, -0.2) is 0 Å². The van der Waals surface area contributed by atoms with Gasteiger partial charge in [0, 0.05) is 6.61 Å². The van der Waals surface area contributed by atoms with Gasteiger partial charge in [-0.15, -0.1) is 0 Å². The minimum Gasteiger partial charge on any atom is -0.459 e. The molecular weight excluding hydrogens is 218 g/mol. The number of carbonyl (C=O) groups is 1. The van der Waals surface area contributed by atoms with Crippen LogP contribution < -0.4 is 5.73 Å². The molecule has 0 aromatic rings. The first-order chi connectivity index (χ1) is 7.60. The Morgan fingerprint density at radius 3 is 2.24 bits per heavy atom. The van der Waals surface area contributed by atoms with Gasteiger partial charge in [0.25, 0.3) is 0 Å². The fourth-order valence-corrected chi connectivity index (χ4v) is 1.79. The second-order valence-electron chi connectivity index (χ2n) is 6.08.